The van der Waals surface area contributed by atoms with E-state index in [2.05, 4.69) is 4.28 Å². The third-order valence-corrected chi connectivity index (χ3v) is 2.24. The largest absolute Gasteiger partial charge is 0.396 e. The van der Waals surface area contributed by atoms with Crippen LogP contribution in [0.15, 0.2) is 18.2 Å². The number of para-hydroxylation sites is 1. The fourth-order valence-corrected chi connectivity index (χ4v) is 1.45. The average Bonchev–Trinajstić information content (AvgIpc) is 2.06. The van der Waals surface area contributed by atoms with Crippen molar-refractivity contribution in [2.24, 2.45) is 5.84 Å². The van der Waals surface area contributed by atoms with E-state index in [1.807, 2.05) is 0 Å². The summed E-state index contributed by atoms with van der Waals surface area (Å²) in [7, 11) is -3.70. The Kier molecular flexibility index (Phi) is 3.40. The van der Waals surface area contributed by atoms with Crippen LogP contribution in [0.2, 0.25) is 5.02 Å². The highest BCUT2D eigenvalue weighted by molar-refractivity contribution is 7.86. The van der Waals surface area contributed by atoms with Crippen molar-refractivity contribution in [2.45, 2.75) is 0 Å². The lowest BCUT2D eigenvalue weighted by atomic mass is 10.3. The van der Waals surface area contributed by atoms with E-state index in [1.165, 1.54) is 6.07 Å². The lowest BCUT2D eigenvalue weighted by molar-refractivity contribution is 0.290. The molecule has 0 saturated carbocycles. The van der Waals surface area contributed by atoms with Crippen molar-refractivity contribution in [2.75, 3.05) is 17.2 Å². The van der Waals surface area contributed by atoms with Crippen molar-refractivity contribution in [3.05, 3.63) is 23.2 Å². The summed E-state index contributed by atoms with van der Waals surface area (Å²) in [6, 6.07) is 4.60. The van der Waals surface area contributed by atoms with Gasteiger partial charge in [-0.15, -0.1) is 4.28 Å². The molecule has 0 aliphatic heterocycles. The Hall–Kier alpha value is -1.02. The molecule has 15 heavy (non-hydrogen) atoms. The number of anilines is 2. The predicted octanol–water partition coefficient (Wildman–Crippen LogP) is 0.493. The van der Waals surface area contributed by atoms with Crippen molar-refractivity contribution in [3.8, 4) is 0 Å². The highest BCUT2D eigenvalue weighted by Crippen LogP contribution is 2.28. The second-order valence-electron chi connectivity index (χ2n) is 2.78. The Morgan fingerprint density at radius 2 is 2.07 bits per heavy atom. The molecule has 0 radical (unpaired) electrons. The van der Waals surface area contributed by atoms with Gasteiger partial charge in [0.15, 0.2) is 0 Å². The summed E-state index contributed by atoms with van der Waals surface area (Å²) in [6.07, 6.45) is 0.869. The van der Waals surface area contributed by atoms with E-state index in [0.29, 0.717) is 5.17 Å². The van der Waals surface area contributed by atoms with Crippen molar-refractivity contribution in [1.29, 1.82) is 0 Å². The summed E-state index contributed by atoms with van der Waals surface area (Å²) in [5, 5.41) is 0.816. The molecule has 6 nitrogen and oxygen atoms in total. The molecule has 0 unspecified atom stereocenters. The maximum atomic E-state index is 10.8. The first-order valence-electron chi connectivity index (χ1n) is 3.79. The Bertz CT molecular complexity index is 463. The summed E-state index contributed by atoms with van der Waals surface area (Å²) in [6.45, 7) is 0. The van der Waals surface area contributed by atoms with E-state index in [-0.39, 0.29) is 16.4 Å². The van der Waals surface area contributed by atoms with Crippen LogP contribution in [0.5, 0.6) is 0 Å². The van der Waals surface area contributed by atoms with Crippen LogP contribution in [0.3, 0.4) is 0 Å². The molecule has 1 aromatic rings. The normalized spacial score (nSPS) is 11.4. The van der Waals surface area contributed by atoms with E-state index < -0.39 is 10.1 Å². The third kappa shape index (κ3) is 3.24. The first kappa shape index (κ1) is 12.1. The molecule has 4 N–H and O–H groups in total. The van der Waals surface area contributed by atoms with Crippen LogP contribution in [-0.4, -0.2) is 14.7 Å². The van der Waals surface area contributed by atoms with E-state index >= 15 is 0 Å². The van der Waals surface area contributed by atoms with Crippen LogP contribution in [0.4, 0.5) is 11.4 Å². The summed E-state index contributed by atoms with van der Waals surface area (Å²) in [5.74, 6) is 5.34. The van der Waals surface area contributed by atoms with Crippen molar-refractivity contribution < 1.29 is 12.7 Å². The minimum Gasteiger partial charge on any atom is -0.396 e. The van der Waals surface area contributed by atoms with Gasteiger partial charge in [-0.05, 0) is 12.1 Å². The molecule has 8 heteroatoms. The summed E-state index contributed by atoms with van der Waals surface area (Å²) >= 11 is 5.72. The Balaban J connectivity index is 3.02. The number of hydrogen-bond donors (Lipinski definition) is 2. The molecule has 0 atom stereocenters. The van der Waals surface area contributed by atoms with Crippen LogP contribution in [0.1, 0.15) is 0 Å². The molecule has 84 valence electrons. The molecule has 0 heterocycles. The highest BCUT2D eigenvalue weighted by atomic mass is 35.5. The number of nitrogens with two attached hydrogens (primary N) is 2. The molecular formula is C7H10ClN3O3S. The summed E-state index contributed by atoms with van der Waals surface area (Å²) in [4.78, 5) is 0. The maximum absolute atomic E-state index is 10.8. The molecule has 0 amide bonds. The lowest BCUT2D eigenvalue weighted by Gasteiger charge is -2.17. The van der Waals surface area contributed by atoms with E-state index in [0.717, 1.165) is 6.26 Å². The molecule has 1 aromatic carbocycles. The fourth-order valence-electron chi connectivity index (χ4n) is 0.904. The van der Waals surface area contributed by atoms with Crippen molar-refractivity contribution in [3.63, 3.8) is 0 Å². The number of hydrazine groups is 1. The lowest BCUT2D eigenvalue weighted by Crippen LogP contribution is -2.33. The molecule has 0 saturated heterocycles. The maximum Gasteiger partial charge on any atom is 0.286 e. The fraction of sp³-hybridized carbons (Fsp3) is 0.143. The quantitative estimate of drug-likeness (QED) is 0.461. The number of nitrogens with zero attached hydrogens (tertiary/aromatic N) is 1. The monoisotopic (exact) mass is 251 g/mol. The molecule has 0 bridgehead atoms. The van der Waals surface area contributed by atoms with Gasteiger partial charge in [0.05, 0.1) is 17.0 Å². The standard InChI is InChI=1S/C7H10ClN3O3S/c1-15(12,13)14-11(10)6-4-2-3-5(8)7(6)9/h2-4H,9-10H2,1H3. The Morgan fingerprint density at radius 3 is 2.60 bits per heavy atom. The van der Waals surface area contributed by atoms with Gasteiger partial charge in [-0.3, -0.25) is 0 Å². The Labute approximate surface area is 92.4 Å². The number of nitrogen functional groups attached to an aromatic ring is 1. The number of benzene rings is 1. The van der Waals surface area contributed by atoms with Crippen molar-refractivity contribution >= 4 is 33.1 Å². The third-order valence-electron chi connectivity index (χ3n) is 1.48. The first-order chi connectivity index (χ1) is 6.81. The predicted molar refractivity (Wildman–Crippen MR) is 58.5 cm³/mol. The van der Waals surface area contributed by atoms with Crippen LogP contribution in [0, 0.1) is 0 Å². The molecular weight excluding hydrogens is 242 g/mol. The molecule has 0 aromatic heterocycles. The SMILES string of the molecule is CS(=O)(=O)ON(N)c1cccc(Cl)c1N. The topological polar surface area (TPSA) is 98.7 Å². The molecule has 0 fully saturated rings. The van der Waals surface area contributed by atoms with Crippen LogP contribution < -0.4 is 16.7 Å². The van der Waals surface area contributed by atoms with Gasteiger partial charge in [0.1, 0.15) is 5.69 Å². The molecule has 0 aliphatic rings. The number of hydrogen-bond acceptors (Lipinski definition) is 6. The second-order valence-corrected chi connectivity index (χ2v) is 4.74. The number of rotatable bonds is 3. The molecule has 0 aliphatic carbocycles. The summed E-state index contributed by atoms with van der Waals surface area (Å²) in [5.41, 5.74) is 5.89. The van der Waals surface area contributed by atoms with Gasteiger partial charge in [0, 0.05) is 0 Å². The van der Waals surface area contributed by atoms with Crippen LogP contribution in [0.25, 0.3) is 0 Å². The molecule has 1 rings (SSSR count). The second kappa shape index (κ2) is 4.23. The van der Waals surface area contributed by atoms with Gasteiger partial charge in [-0.25, -0.2) is 5.84 Å². The van der Waals surface area contributed by atoms with Crippen molar-refractivity contribution in [1.82, 2.24) is 0 Å². The minimum absolute atomic E-state index is 0.144. The van der Waals surface area contributed by atoms with Gasteiger partial charge in [-0.2, -0.15) is 13.6 Å². The van der Waals surface area contributed by atoms with Crippen LogP contribution in [-0.2, 0) is 14.4 Å². The smallest absolute Gasteiger partial charge is 0.286 e. The zero-order chi connectivity index (χ0) is 11.6. The first-order valence-corrected chi connectivity index (χ1v) is 5.99. The molecule has 0 spiro atoms. The van der Waals surface area contributed by atoms with Gasteiger partial charge < -0.3 is 5.73 Å². The van der Waals surface area contributed by atoms with Gasteiger partial charge in [0.25, 0.3) is 10.1 Å². The zero-order valence-corrected chi connectivity index (χ0v) is 9.42. The van der Waals surface area contributed by atoms with Gasteiger partial charge in [0.2, 0.25) is 0 Å². The number of halogens is 1. The van der Waals surface area contributed by atoms with Crippen LogP contribution >= 0.6 is 11.6 Å². The van der Waals surface area contributed by atoms with E-state index in [1.54, 1.807) is 12.1 Å². The highest BCUT2D eigenvalue weighted by Gasteiger charge is 2.13. The van der Waals surface area contributed by atoms with Gasteiger partial charge >= 0.3 is 0 Å². The average molecular weight is 252 g/mol. The summed E-state index contributed by atoms with van der Waals surface area (Å²) < 4.78 is 26.0. The van der Waals surface area contributed by atoms with Gasteiger partial charge in [-0.1, -0.05) is 17.7 Å². The van der Waals surface area contributed by atoms with E-state index in [9.17, 15) is 8.42 Å². The Morgan fingerprint density at radius 1 is 1.47 bits per heavy atom. The van der Waals surface area contributed by atoms with E-state index in [4.69, 9.17) is 23.2 Å². The minimum atomic E-state index is -3.70. The zero-order valence-electron chi connectivity index (χ0n) is 7.84.